The summed E-state index contributed by atoms with van der Waals surface area (Å²) in [6.07, 6.45) is -0.705. The molecular weight excluding hydrogens is 300 g/mol. The van der Waals surface area contributed by atoms with E-state index in [1.54, 1.807) is 31.2 Å². The maximum atomic E-state index is 11.7. The summed E-state index contributed by atoms with van der Waals surface area (Å²) >= 11 is 5.98. The van der Waals surface area contributed by atoms with Crippen molar-refractivity contribution in [2.24, 2.45) is 0 Å². The van der Waals surface area contributed by atoms with Crippen LogP contribution in [0.3, 0.4) is 0 Å². The second kappa shape index (κ2) is 7.49. The molecule has 0 spiro atoms. The van der Waals surface area contributed by atoms with Crippen molar-refractivity contribution in [1.29, 1.82) is 0 Å². The number of benzene rings is 1. The quantitative estimate of drug-likeness (QED) is 0.637. The van der Waals surface area contributed by atoms with Crippen LogP contribution in [0.15, 0.2) is 24.3 Å². The van der Waals surface area contributed by atoms with E-state index < -0.39 is 36.5 Å². The molecule has 0 radical (unpaired) electrons. The number of hydrogen-bond acceptors (Lipinski definition) is 3. The molecule has 0 aliphatic heterocycles. The Morgan fingerprint density at radius 1 is 1.19 bits per heavy atom. The topological polar surface area (TPSA) is 116 Å². The number of carbonyl (C=O) groups excluding carboxylic acids is 1. The van der Waals surface area contributed by atoms with Crippen molar-refractivity contribution in [2.45, 2.75) is 25.4 Å². The molecule has 2 unspecified atom stereocenters. The van der Waals surface area contributed by atoms with Crippen LogP contribution in [-0.4, -0.2) is 34.2 Å². The Morgan fingerprint density at radius 3 is 2.33 bits per heavy atom. The highest BCUT2D eigenvalue weighted by Crippen LogP contribution is 2.21. The Hall–Kier alpha value is -2.28. The lowest BCUT2D eigenvalue weighted by molar-refractivity contribution is -0.145. The molecule has 4 N–H and O–H groups in total. The van der Waals surface area contributed by atoms with Gasteiger partial charge in [-0.25, -0.2) is 9.59 Å². The fraction of sp³-hybridized carbons (Fsp3) is 0.308. The second-order valence-electron chi connectivity index (χ2n) is 4.35. The lowest BCUT2D eigenvalue weighted by Gasteiger charge is -2.18. The van der Waals surface area contributed by atoms with Gasteiger partial charge in [0.25, 0.3) is 0 Å². The van der Waals surface area contributed by atoms with Crippen LogP contribution < -0.4 is 10.6 Å². The first kappa shape index (κ1) is 16.8. The summed E-state index contributed by atoms with van der Waals surface area (Å²) in [6, 6.07) is 4.14. The smallest absolute Gasteiger partial charge is 0.326 e. The number of carbonyl (C=O) groups is 3. The van der Waals surface area contributed by atoms with Gasteiger partial charge in [-0.2, -0.15) is 0 Å². The third-order valence-corrected chi connectivity index (χ3v) is 3.05. The summed E-state index contributed by atoms with van der Waals surface area (Å²) < 4.78 is 0. The zero-order valence-electron chi connectivity index (χ0n) is 11.2. The molecule has 0 saturated carbocycles. The molecule has 0 aliphatic carbocycles. The van der Waals surface area contributed by atoms with Crippen LogP contribution in [0.1, 0.15) is 24.9 Å². The predicted molar refractivity (Wildman–Crippen MR) is 75.2 cm³/mol. The van der Waals surface area contributed by atoms with Crippen LogP contribution in [0.25, 0.3) is 0 Å². The van der Waals surface area contributed by atoms with Crippen molar-refractivity contribution in [3.63, 3.8) is 0 Å². The molecule has 0 fully saturated rings. The van der Waals surface area contributed by atoms with Crippen LogP contribution in [0.4, 0.5) is 4.79 Å². The van der Waals surface area contributed by atoms with Gasteiger partial charge in [0.05, 0.1) is 12.5 Å². The number of amides is 2. The summed E-state index contributed by atoms with van der Waals surface area (Å²) in [5.41, 5.74) is 0.666. The monoisotopic (exact) mass is 314 g/mol. The SMILES string of the molecule is CC(NC(=O)NC(CC(=O)O)C(=O)O)c1ccccc1Cl. The Kier molecular flexibility index (Phi) is 5.98. The van der Waals surface area contributed by atoms with E-state index in [9.17, 15) is 14.4 Å². The highest BCUT2D eigenvalue weighted by molar-refractivity contribution is 6.31. The number of urea groups is 1. The first-order chi connectivity index (χ1) is 9.81. The number of rotatable bonds is 6. The number of carboxylic acid groups (broad SMARTS) is 2. The van der Waals surface area contributed by atoms with Gasteiger partial charge in [-0.3, -0.25) is 4.79 Å². The van der Waals surface area contributed by atoms with Gasteiger partial charge in [0.1, 0.15) is 6.04 Å². The highest BCUT2D eigenvalue weighted by atomic mass is 35.5. The van der Waals surface area contributed by atoms with Crippen molar-refractivity contribution >= 4 is 29.6 Å². The summed E-state index contributed by atoms with van der Waals surface area (Å²) in [6.45, 7) is 1.67. The molecule has 7 nitrogen and oxygen atoms in total. The van der Waals surface area contributed by atoms with Crippen LogP contribution >= 0.6 is 11.6 Å². The summed E-state index contributed by atoms with van der Waals surface area (Å²) in [5, 5.41) is 22.5. The number of carboxylic acids is 2. The number of aliphatic carboxylic acids is 2. The molecule has 0 bridgehead atoms. The van der Waals surface area contributed by atoms with Crippen molar-refractivity contribution in [2.75, 3.05) is 0 Å². The normalized spacial score (nSPS) is 13.0. The minimum absolute atomic E-state index is 0.460. The lowest BCUT2D eigenvalue weighted by Crippen LogP contribution is -2.47. The average molecular weight is 315 g/mol. The molecule has 0 heterocycles. The van der Waals surface area contributed by atoms with E-state index in [4.69, 9.17) is 21.8 Å². The Balaban J connectivity index is 2.66. The van der Waals surface area contributed by atoms with Gasteiger partial charge in [0, 0.05) is 5.02 Å². The Bertz CT molecular complexity index is 549. The third-order valence-electron chi connectivity index (χ3n) is 2.70. The molecule has 0 saturated heterocycles. The highest BCUT2D eigenvalue weighted by Gasteiger charge is 2.23. The maximum absolute atomic E-state index is 11.7. The average Bonchev–Trinajstić information content (AvgIpc) is 2.37. The molecule has 2 amide bonds. The van der Waals surface area contributed by atoms with Crippen LogP contribution in [-0.2, 0) is 9.59 Å². The predicted octanol–water partition coefficient (Wildman–Crippen LogP) is 1.63. The lowest BCUT2D eigenvalue weighted by atomic mass is 10.1. The molecule has 0 aromatic heterocycles. The number of halogens is 1. The van der Waals surface area contributed by atoms with Gasteiger partial charge < -0.3 is 20.8 Å². The Morgan fingerprint density at radius 2 is 1.81 bits per heavy atom. The van der Waals surface area contributed by atoms with E-state index in [2.05, 4.69) is 10.6 Å². The molecule has 1 aromatic carbocycles. The van der Waals surface area contributed by atoms with E-state index in [1.807, 2.05) is 0 Å². The van der Waals surface area contributed by atoms with Gasteiger partial charge >= 0.3 is 18.0 Å². The minimum Gasteiger partial charge on any atom is -0.481 e. The molecule has 114 valence electrons. The van der Waals surface area contributed by atoms with E-state index >= 15 is 0 Å². The van der Waals surface area contributed by atoms with Crippen molar-refractivity contribution in [1.82, 2.24) is 10.6 Å². The van der Waals surface area contributed by atoms with Gasteiger partial charge in [0.2, 0.25) is 0 Å². The standard InChI is InChI=1S/C13H15ClN2O5/c1-7(8-4-2-3-5-9(8)14)15-13(21)16-10(12(19)20)6-11(17)18/h2-5,7,10H,6H2,1H3,(H,17,18)(H,19,20)(H2,15,16,21). The van der Waals surface area contributed by atoms with Gasteiger partial charge in [-0.1, -0.05) is 29.8 Å². The Labute approximate surface area is 125 Å². The first-order valence-electron chi connectivity index (χ1n) is 6.07. The zero-order chi connectivity index (χ0) is 16.0. The van der Waals surface area contributed by atoms with Crippen molar-refractivity contribution in [3.05, 3.63) is 34.9 Å². The molecule has 2 atom stereocenters. The molecule has 8 heteroatoms. The zero-order valence-corrected chi connectivity index (χ0v) is 11.9. The summed E-state index contributed by atoms with van der Waals surface area (Å²) in [7, 11) is 0. The molecule has 1 aromatic rings. The molecule has 0 aliphatic rings. The summed E-state index contributed by atoms with van der Waals surface area (Å²) in [5.74, 6) is -2.74. The van der Waals surface area contributed by atoms with Crippen LogP contribution in [0.2, 0.25) is 5.02 Å². The number of nitrogens with one attached hydrogen (secondary N) is 2. The number of hydrogen-bond donors (Lipinski definition) is 4. The van der Waals surface area contributed by atoms with E-state index in [-0.39, 0.29) is 0 Å². The van der Waals surface area contributed by atoms with Crippen LogP contribution in [0.5, 0.6) is 0 Å². The minimum atomic E-state index is -1.50. The van der Waals surface area contributed by atoms with E-state index in [1.165, 1.54) is 0 Å². The summed E-state index contributed by atoms with van der Waals surface area (Å²) in [4.78, 5) is 33.1. The maximum Gasteiger partial charge on any atom is 0.326 e. The fourth-order valence-corrected chi connectivity index (χ4v) is 1.97. The van der Waals surface area contributed by atoms with Crippen molar-refractivity contribution < 1.29 is 24.6 Å². The van der Waals surface area contributed by atoms with E-state index in [0.29, 0.717) is 10.6 Å². The van der Waals surface area contributed by atoms with Crippen LogP contribution in [0, 0.1) is 0 Å². The largest absolute Gasteiger partial charge is 0.481 e. The van der Waals surface area contributed by atoms with E-state index in [0.717, 1.165) is 0 Å². The van der Waals surface area contributed by atoms with Gasteiger partial charge in [0.15, 0.2) is 0 Å². The van der Waals surface area contributed by atoms with Crippen molar-refractivity contribution in [3.8, 4) is 0 Å². The van der Waals surface area contributed by atoms with Gasteiger partial charge in [-0.05, 0) is 18.6 Å². The second-order valence-corrected chi connectivity index (χ2v) is 4.76. The molecule has 1 rings (SSSR count). The van der Waals surface area contributed by atoms with Gasteiger partial charge in [-0.15, -0.1) is 0 Å². The third kappa shape index (κ3) is 5.31. The molecular formula is C13H15ClN2O5. The molecule has 21 heavy (non-hydrogen) atoms. The fourth-order valence-electron chi connectivity index (χ4n) is 1.68. The first-order valence-corrected chi connectivity index (χ1v) is 6.45.